The Morgan fingerprint density at radius 2 is 1.79 bits per heavy atom. The van der Waals surface area contributed by atoms with Crippen LogP contribution in [0.25, 0.3) is 0 Å². The minimum atomic E-state index is -1.03. The number of hydrogen-bond acceptors (Lipinski definition) is 4. The SMILES string of the molecule is C[C@H](OC(=O)c1ccc(C=O)cc1)C(=O)Nc1ccc(Cl)cc1Cl. The van der Waals surface area contributed by atoms with Crippen LogP contribution in [0, 0.1) is 0 Å². The van der Waals surface area contributed by atoms with Gasteiger partial charge in [0.1, 0.15) is 6.29 Å². The third kappa shape index (κ3) is 4.57. The number of carbonyl (C=O) groups excluding carboxylic acids is 3. The number of ether oxygens (including phenoxy) is 1. The number of aldehydes is 1. The molecule has 1 N–H and O–H groups in total. The van der Waals surface area contributed by atoms with Gasteiger partial charge < -0.3 is 10.1 Å². The number of nitrogens with one attached hydrogen (secondary N) is 1. The second-order valence-electron chi connectivity index (χ2n) is 4.90. The predicted molar refractivity (Wildman–Crippen MR) is 91.8 cm³/mol. The highest BCUT2D eigenvalue weighted by Crippen LogP contribution is 2.25. The predicted octanol–water partition coefficient (Wildman–Crippen LogP) is 3.99. The van der Waals surface area contributed by atoms with E-state index in [0.717, 1.165) is 0 Å². The summed E-state index contributed by atoms with van der Waals surface area (Å²) < 4.78 is 5.10. The van der Waals surface area contributed by atoms with Gasteiger partial charge in [-0.1, -0.05) is 35.3 Å². The summed E-state index contributed by atoms with van der Waals surface area (Å²) in [6.45, 7) is 1.44. The van der Waals surface area contributed by atoms with Crippen LogP contribution in [0.2, 0.25) is 10.0 Å². The molecule has 7 heteroatoms. The van der Waals surface area contributed by atoms with E-state index >= 15 is 0 Å². The molecule has 0 aliphatic rings. The first-order valence-electron chi connectivity index (χ1n) is 6.93. The summed E-state index contributed by atoms with van der Waals surface area (Å²) in [6, 6.07) is 10.5. The van der Waals surface area contributed by atoms with E-state index in [1.165, 1.54) is 37.3 Å². The second kappa shape index (κ2) is 7.95. The van der Waals surface area contributed by atoms with Crippen molar-refractivity contribution in [3.63, 3.8) is 0 Å². The number of rotatable bonds is 5. The van der Waals surface area contributed by atoms with Crippen molar-refractivity contribution < 1.29 is 19.1 Å². The summed E-state index contributed by atoms with van der Waals surface area (Å²) in [6.07, 6.45) is -0.365. The molecule has 0 aliphatic heterocycles. The summed E-state index contributed by atoms with van der Waals surface area (Å²) in [7, 11) is 0. The number of esters is 1. The Morgan fingerprint density at radius 3 is 2.38 bits per heavy atom. The van der Waals surface area contributed by atoms with Gasteiger partial charge >= 0.3 is 5.97 Å². The lowest BCUT2D eigenvalue weighted by atomic mass is 10.1. The molecule has 0 radical (unpaired) electrons. The van der Waals surface area contributed by atoms with Crippen LogP contribution in [0.1, 0.15) is 27.6 Å². The van der Waals surface area contributed by atoms with Gasteiger partial charge in [0.05, 0.1) is 16.3 Å². The highest BCUT2D eigenvalue weighted by atomic mass is 35.5. The van der Waals surface area contributed by atoms with Crippen molar-refractivity contribution in [3.8, 4) is 0 Å². The van der Waals surface area contributed by atoms with E-state index in [1.807, 2.05) is 0 Å². The fourth-order valence-corrected chi connectivity index (χ4v) is 2.26. The maximum absolute atomic E-state index is 12.1. The maximum atomic E-state index is 12.1. The molecule has 0 saturated carbocycles. The molecule has 0 bridgehead atoms. The summed E-state index contributed by atoms with van der Waals surface area (Å²) in [5.41, 5.74) is 1.05. The van der Waals surface area contributed by atoms with Gasteiger partial charge in [0.25, 0.3) is 5.91 Å². The quantitative estimate of drug-likeness (QED) is 0.642. The molecule has 0 saturated heterocycles. The fraction of sp³-hybridized carbons (Fsp3) is 0.118. The average molecular weight is 366 g/mol. The Morgan fingerprint density at radius 1 is 1.12 bits per heavy atom. The molecular formula is C17H13Cl2NO4. The van der Waals surface area contributed by atoms with Gasteiger partial charge in [0, 0.05) is 10.6 Å². The average Bonchev–Trinajstić information content (AvgIpc) is 2.57. The molecule has 0 aromatic heterocycles. The van der Waals surface area contributed by atoms with Crippen molar-refractivity contribution >= 4 is 47.1 Å². The van der Waals surface area contributed by atoms with Crippen molar-refractivity contribution in [2.45, 2.75) is 13.0 Å². The van der Waals surface area contributed by atoms with Crippen LogP contribution in [0.4, 0.5) is 5.69 Å². The molecule has 24 heavy (non-hydrogen) atoms. The maximum Gasteiger partial charge on any atom is 0.338 e. The zero-order valence-electron chi connectivity index (χ0n) is 12.6. The van der Waals surface area contributed by atoms with E-state index < -0.39 is 18.0 Å². The van der Waals surface area contributed by atoms with Crippen molar-refractivity contribution in [3.05, 3.63) is 63.6 Å². The lowest BCUT2D eigenvalue weighted by molar-refractivity contribution is -0.123. The third-order valence-electron chi connectivity index (χ3n) is 3.12. The molecule has 1 amide bonds. The molecule has 2 rings (SSSR count). The topological polar surface area (TPSA) is 72.5 Å². The first-order valence-corrected chi connectivity index (χ1v) is 7.68. The summed E-state index contributed by atoms with van der Waals surface area (Å²) in [5, 5.41) is 3.28. The van der Waals surface area contributed by atoms with E-state index in [4.69, 9.17) is 27.9 Å². The van der Waals surface area contributed by atoms with Crippen LogP contribution in [0.3, 0.4) is 0 Å². The van der Waals surface area contributed by atoms with Gasteiger partial charge in [-0.3, -0.25) is 9.59 Å². The standard InChI is InChI=1S/C17H13Cl2NO4/c1-10(16(22)20-15-7-6-13(18)8-14(15)19)24-17(23)12-4-2-11(9-21)3-5-12/h2-10H,1H3,(H,20,22)/t10-/m0/s1. The zero-order valence-corrected chi connectivity index (χ0v) is 14.1. The first kappa shape index (κ1) is 18.0. The van der Waals surface area contributed by atoms with Crippen molar-refractivity contribution in [2.75, 3.05) is 5.32 Å². The van der Waals surface area contributed by atoms with Crippen molar-refractivity contribution in [1.29, 1.82) is 0 Å². The smallest absolute Gasteiger partial charge is 0.338 e. The van der Waals surface area contributed by atoms with Crippen LogP contribution in [-0.2, 0) is 9.53 Å². The van der Waals surface area contributed by atoms with Gasteiger partial charge in [-0.25, -0.2) is 4.79 Å². The number of hydrogen-bond donors (Lipinski definition) is 1. The normalized spacial score (nSPS) is 11.5. The second-order valence-corrected chi connectivity index (χ2v) is 5.74. The van der Waals surface area contributed by atoms with Crippen molar-refractivity contribution in [1.82, 2.24) is 0 Å². The highest BCUT2D eigenvalue weighted by molar-refractivity contribution is 6.36. The third-order valence-corrected chi connectivity index (χ3v) is 3.67. The zero-order chi connectivity index (χ0) is 17.7. The van der Waals surface area contributed by atoms with E-state index in [9.17, 15) is 14.4 Å². The number of carbonyl (C=O) groups is 3. The minimum Gasteiger partial charge on any atom is -0.449 e. The summed E-state index contributed by atoms with van der Waals surface area (Å²) in [4.78, 5) is 34.7. The lowest BCUT2D eigenvalue weighted by Crippen LogP contribution is -2.30. The van der Waals surface area contributed by atoms with Crippen LogP contribution in [0.5, 0.6) is 0 Å². The van der Waals surface area contributed by atoms with E-state index in [0.29, 0.717) is 22.6 Å². The Bertz CT molecular complexity index is 775. The molecule has 2 aromatic rings. The Labute approximate surface area is 148 Å². The van der Waals surface area contributed by atoms with Crippen LogP contribution in [-0.4, -0.2) is 24.3 Å². The molecular weight excluding hydrogens is 353 g/mol. The van der Waals surface area contributed by atoms with Crippen LogP contribution in [0.15, 0.2) is 42.5 Å². The number of amides is 1. The first-order chi connectivity index (χ1) is 11.4. The van der Waals surface area contributed by atoms with Gasteiger partial charge in [-0.15, -0.1) is 0 Å². The van der Waals surface area contributed by atoms with Crippen molar-refractivity contribution in [2.24, 2.45) is 0 Å². The lowest BCUT2D eigenvalue weighted by Gasteiger charge is -2.14. The van der Waals surface area contributed by atoms with Gasteiger partial charge in [-0.2, -0.15) is 0 Å². The van der Waals surface area contributed by atoms with E-state index in [2.05, 4.69) is 5.32 Å². The molecule has 2 aromatic carbocycles. The molecule has 5 nitrogen and oxygen atoms in total. The minimum absolute atomic E-state index is 0.241. The summed E-state index contributed by atoms with van der Waals surface area (Å²) in [5.74, 6) is -1.20. The molecule has 0 fully saturated rings. The number of halogens is 2. The van der Waals surface area contributed by atoms with Crippen LogP contribution >= 0.6 is 23.2 Å². The van der Waals surface area contributed by atoms with E-state index in [1.54, 1.807) is 12.1 Å². The Balaban J connectivity index is 1.99. The van der Waals surface area contributed by atoms with Gasteiger partial charge in [0.15, 0.2) is 6.10 Å². The number of benzene rings is 2. The van der Waals surface area contributed by atoms with Crippen LogP contribution < -0.4 is 5.32 Å². The van der Waals surface area contributed by atoms with E-state index in [-0.39, 0.29) is 10.6 Å². The molecule has 1 atom stereocenters. The largest absolute Gasteiger partial charge is 0.449 e. The molecule has 0 aliphatic carbocycles. The van der Waals surface area contributed by atoms with Gasteiger partial charge in [0.2, 0.25) is 0 Å². The molecule has 124 valence electrons. The monoisotopic (exact) mass is 365 g/mol. The Hall–Kier alpha value is -2.37. The highest BCUT2D eigenvalue weighted by Gasteiger charge is 2.19. The fourth-order valence-electron chi connectivity index (χ4n) is 1.81. The number of anilines is 1. The molecule has 0 heterocycles. The molecule has 0 unspecified atom stereocenters. The Kier molecular flexibility index (Phi) is 5.95. The molecule has 0 spiro atoms. The van der Waals surface area contributed by atoms with Gasteiger partial charge in [-0.05, 0) is 37.3 Å². The summed E-state index contributed by atoms with van der Waals surface area (Å²) >= 11 is 11.8.